The van der Waals surface area contributed by atoms with Gasteiger partial charge in [-0.3, -0.25) is 4.55 Å². The lowest BCUT2D eigenvalue weighted by Crippen LogP contribution is -2.12. The molecule has 0 aromatic rings. The maximum Gasteiger partial charge on any atom is 0.297 e. The highest BCUT2D eigenvalue weighted by Crippen LogP contribution is 2.02. The molecule has 0 aliphatic carbocycles. The predicted molar refractivity (Wildman–Crippen MR) is 34.0 cm³/mol. The van der Waals surface area contributed by atoms with Crippen molar-refractivity contribution in [2.45, 2.75) is 18.8 Å². The molecule has 0 amide bonds. The molecule has 0 saturated carbocycles. The smallest absolute Gasteiger partial charge is 0.283 e. The van der Waals surface area contributed by atoms with Gasteiger partial charge in [0.2, 0.25) is 5.50 Å². The summed E-state index contributed by atoms with van der Waals surface area (Å²) >= 11 is 0. The van der Waals surface area contributed by atoms with Crippen LogP contribution >= 0.6 is 12.4 Å². The molecule has 9 heavy (non-hydrogen) atoms. The third kappa shape index (κ3) is 4.62. The van der Waals surface area contributed by atoms with Crippen LogP contribution in [0.3, 0.4) is 0 Å². The molecule has 1 atom stereocenters. The molecule has 0 bridgehead atoms. The highest BCUT2D eigenvalue weighted by molar-refractivity contribution is 7.86. The molecule has 3 nitrogen and oxygen atoms in total. The Hall–Kier alpha value is 0.130. The van der Waals surface area contributed by atoms with E-state index < -0.39 is 15.6 Å². The fourth-order valence-electron chi connectivity index (χ4n) is 0.211. The Labute approximate surface area is 59.4 Å². The zero-order valence-electron chi connectivity index (χ0n) is 4.74. The van der Waals surface area contributed by atoms with Gasteiger partial charge in [-0.1, -0.05) is 6.92 Å². The van der Waals surface area contributed by atoms with E-state index in [2.05, 4.69) is 0 Å². The van der Waals surface area contributed by atoms with Gasteiger partial charge in [-0.15, -0.1) is 12.4 Å². The highest BCUT2D eigenvalue weighted by Gasteiger charge is 2.18. The number of hydrogen-bond acceptors (Lipinski definition) is 2. The molecule has 0 radical (unpaired) electrons. The Balaban J connectivity index is 0. The first-order valence-electron chi connectivity index (χ1n) is 2.09. The van der Waals surface area contributed by atoms with Crippen molar-refractivity contribution in [1.82, 2.24) is 0 Å². The summed E-state index contributed by atoms with van der Waals surface area (Å²) in [4.78, 5) is 0. The standard InChI is InChI=1S/C3H7FO3S.ClH/c1-2-3(4)8(5,6)7;/h3H,2H2,1H3,(H,5,6,7);1H. The van der Waals surface area contributed by atoms with Crippen molar-refractivity contribution in [3.63, 3.8) is 0 Å². The Morgan fingerprint density at radius 1 is 1.67 bits per heavy atom. The van der Waals surface area contributed by atoms with Gasteiger partial charge < -0.3 is 0 Å². The van der Waals surface area contributed by atoms with E-state index in [1.807, 2.05) is 0 Å². The van der Waals surface area contributed by atoms with Crippen LogP contribution in [0, 0.1) is 0 Å². The summed E-state index contributed by atoms with van der Waals surface area (Å²) < 4.78 is 39.2. The largest absolute Gasteiger partial charge is 0.297 e. The molecule has 0 aromatic carbocycles. The zero-order valence-corrected chi connectivity index (χ0v) is 6.38. The first-order valence-corrected chi connectivity index (χ1v) is 3.59. The molecule has 0 aliphatic heterocycles. The van der Waals surface area contributed by atoms with Crippen molar-refractivity contribution in [3.05, 3.63) is 0 Å². The summed E-state index contributed by atoms with van der Waals surface area (Å²) in [5, 5.41) is 0. The lowest BCUT2D eigenvalue weighted by Gasteiger charge is -1.96. The molecule has 6 heteroatoms. The van der Waals surface area contributed by atoms with E-state index in [0.717, 1.165) is 0 Å². The Morgan fingerprint density at radius 3 is 2.00 bits per heavy atom. The highest BCUT2D eigenvalue weighted by atomic mass is 35.5. The second-order valence-corrected chi connectivity index (χ2v) is 2.87. The van der Waals surface area contributed by atoms with E-state index in [-0.39, 0.29) is 18.8 Å². The van der Waals surface area contributed by atoms with Gasteiger partial charge in [-0.25, -0.2) is 4.39 Å². The molecular formula is C3H8ClFO3S. The van der Waals surface area contributed by atoms with Crippen LogP contribution in [0.15, 0.2) is 0 Å². The third-order valence-corrected chi connectivity index (χ3v) is 1.62. The van der Waals surface area contributed by atoms with Gasteiger partial charge >= 0.3 is 0 Å². The predicted octanol–water partition coefficient (Wildman–Crippen LogP) is 1.00. The Morgan fingerprint density at radius 2 is 2.00 bits per heavy atom. The summed E-state index contributed by atoms with van der Waals surface area (Å²) in [5.74, 6) is 0. The SMILES string of the molecule is CCC(F)S(=O)(=O)O.Cl. The maximum absolute atomic E-state index is 11.8. The maximum atomic E-state index is 11.8. The monoisotopic (exact) mass is 178 g/mol. The van der Waals surface area contributed by atoms with Gasteiger partial charge in [0, 0.05) is 0 Å². The minimum absolute atomic E-state index is 0. The van der Waals surface area contributed by atoms with Crippen LogP contribution in [-0.2, 0) is 10.1 Å². The molecular weight excluding hydrogens is 171 g/mol. The van der Waals surface area contributed by atoms with E-state index in [0.29, 0.717) is 0 Å². The average molecular weight is 179 g/mol. The zero-order chi connectivity index (χ0) is 6.78. The minimum atomic E-state index is -4.42. The lowest BCUT2D eigenvalue weighted by molar-refractivity contribution is 0.366. The number of rotatable bonds is 2. The van der Waals surface area contributed by atoms with Crippen molar-refractivity contribution < 1.29 is 17.4 Å². The molecule has 0 rings (SSSR count). The van der Waals surface area contributed by atoms with E-state index in [1.165, 1.54) is 6.92 Å². The fourth-order valence-corrected chi connectivity index (χ4v) is 0.632. The van der Waals surface area contributed by atoms with E-state index >= 15 is 0 Å². The summed E-state index contributed by atoms with van der Waals surface area (Å²) in [6.07, 6.45) is -0.209. The second-order valence-electron chi connectivity index (χ2n) is 1.33. The van der Waals surface area contributed by atoms with Crippen LogP contribution in [0.5, 0.6) is 0 Å². The summed E-state index contributed by atoms with van der Waals surface area (Å²) in [7, 11) is -4.42. The van der Waals surface area contributed by atoms with Gasteiger partial charge in [0.15, 0.2) is 0 Å². The van der Waals surface area contributed by atoms with Crippen molar-refractivity contribution in [3.8, 4) is 0 Å². The number of halogens is 2. The molecule has 1 N–H and O–H groups in total. The van der Waals surface area contributed by atoms with Gasteiger partial charge in [-0.2, -0.15) is 8.42 Å². The molecule has 58 valence electrons. The second kappa shape index (κ2) is 4.03. The van der Waals surface area contributed by atoms with Crippen LogP contribution in [0.1, 0.15) is 13.3 Å². The fraction of sp³-hybridized carbons (Fsp3) is 1.00. The van der Waals surface area contributed by atoms with Crippen molar-refractivity contribution >= 4 is 22.5 Å². The van der Waals surface area contributed by atoms with Gasteiger partial charge in [-0.05, 0) is 6.42 Å². The first kappa shape index (κ1) is 11.9. The third-order valence-electron chi connectivity index (χ3n) is 0.644. The van der Waals surface area contributed by atoms with Crippen LogP contribution in [0.4, 0.5) is 4.39 Å². The van der Waals surface area contributed by atoms with Crippen LogP contribution in [0.2, 0.25) is 0 Å². The number of alkyl halides is 1. The number of hydrogen-bond donors (Lipinski definition) is 1. The molecule has 0 heterocycles. The molecule has 0 aliphatic rings. The molecule has 0 fully saturated rings. The van der Waals surface area contributed by atoms with E-state index in [9.17, 15) is 12.8 Å². The molecule has 0 aromatic heterocycles. The molecule has 0 spiro atoms. The minimum Gasteiger partial charge on any atom is -0.283 e. The summed E-state index contributed by atoms with van der Waals surface area (Å²) in [6.45, 7) is 1.33. The quantitative estimate of drug-likeness (QED) is 0.642. The van der Waals surface area contributed by atoms with Crippen molar-refractivity contribution in [2.75, 3.05) is 0 Å². The van der Waals surface area contributed by atoms with Crippen molar-refractivity contribution in [2.24, 2.45) is 0 Å². The normalized spacial score (nSPS) is 14.1. The van der Waals surface area contributed by atoms with Crippen LogP contribution in [0.25, 0.3) is 0 Å². The average Bonchev–Trinajstić information content (AvgIpc) is 1.62. The first-order chi connectivity index (χ1) is 3.48. The molecule has 1 unspecified atom stereocenters. The topological polar surface area (TPSA) is 54.4 Å². The molecule has 0 saturated heterocycles. The van der Waals surface area contributed by atoms with Gasteiger partial charge in [0.25, 0.3) is 10.1 Å². The van der Waals surface area contributed by atoms with Gasteiger partial charge in [0.1, 0.15) is 0 Å². The van der Waals surface area contributed by atoms with Crippen molar-refractivity contribution in [1.29, 1.82) is 0 Å². The summed E-state index contributed by atoms with van der Waals surface area (Å²) in [6, 6.07) is 0. The summed E-state index contributed by atoms with van der Waals surface area (Å²) in [5.41, 5.74) is -2.12. The van der Waals surface area contributed by atoms with Crippen LogP contribution in [-0.4, -0.2) is 18.5 Å². The van der Waals surface area contributed by atoms with E-state index in [4.69, 9.17) is 4.55 Å². The Kier molecular flexibility index (Phi) is 5.31. The van der Waals surface area contributed by atoms with Gasteiger partial charge in [0.05, 0.1) is 0 Å². The Bertz CT molecular complexity index is 154. The van der Waals surface area contributed by atoms with E-state index in [1.54, 1.807) is 0 Å². The van der Waals surface area contributed by atoms with Crippen LogP contribution < -0.4 is 0 Å². The lowest BCUT2D eigenvalue weighted by atomic mass is 10.6.